The highest BCUT2D eigenvalue weighted by Gasteiger charge is 2.30. The lowest BCUT2D eigenvalue weighted by Crippen LogP contribution is -2.36. The molecule has 1 heterocycles. The molecule has 4 heteroatoms. The Hall–Kier alpha value is -0.450. The summed E-state index contributed by atoms with van der Waals surface area (Å²) >= 11 is 3.25. The van der Waals surface area contributed by atoms with E-state index in [4.69, 9.17) is 0 Å². The Kier molecular flexibility index (Phi) is 6.00. The van der Waals surface area contributed by atoms with Gasteiger partial charge in [0, 0.05) is 6.04 Å². The predicted molar refractivity (Wildman–Crippen MR) is 85.4 cm³/mol. The summed E-state index contributed by atoms with van der Waals surface area (Å²) in [5.74, 6) is 0.383. The third kappa shape index (κ3) is 3.60. The van der Waals surface area contributed by atoms with E-state index in [2.05, 4.69) is 39.1 Å². The summed E-state index contributed by atoms with van der Waals surface area (Å²) in [6.45, 7) is 5.31. The Bertz CT molecular complexity index is 438. The van der Waals surface area contributed by atoms with E-state index in [1.54, 1.807) is 6.07 Å². The van der Waals surface area contributed by atoms with E-state index in [-0.39, 0.29) is 5.82 Å². The number of benzene rings is 1. The molecule has 2 atom stereocenters. The monoisotopic (exact) mass is 342 g/mol. The van der Waals surface area contributed by atoms with E-state index < -0.39 is 0 Å². The van der Waals surface area contributed by atoms with E-state index in [1.807, 2.05) is 13.1 Å². The number of likely N-dealkylation sites (tertiary alicyclic amines) is 1. The van der Waals surface area contributed by atoms with Crippen LogP contribution in [0.3, 0.4) is 0 Å². The zero-order valence-electron chi connectivity index (χ0n) is 12.3. The van der Waals surface area contributed by atoms with Crippen molar-refractivity contribution in [3.05, 3.63) is 34.1 Å². The molecule has 1 aromatic carbocycles. The lowest BCUT2D eigenvalue weighted by atomic mass is 9.89. The summed E-state index contributed by atoms with van der Waals surface area (Å²) in [5, 5.41) is 3.31. The van der Waals surface area contributed by atoms with Crippen LogP contribution in [0.5, 0.6) is 0 Å². The van der Waals surface area contributed by atoms with Gasteiger partial charge >= 0.3 is 0 Å². The molecule has 2 unspecified atom stereocenters. The quantitative estimate of drug-likeness (QED) is 0.890. The smallest absolute Gasteiger partial charge is 0.137 e. The number of nitrogens with zero attached hydrogens (tertiary/aromatic N) is 1. The topological polar surface area (TPSA) is 15.3 Å². The number of nitrogens with one attached hydrogen (secondary N) is 1. The van der Waals surface area contributed by atoms with Crippen molar-refractivity contribution in [3.8, 4) is 0 Å². The minimum atomic E-state index is -0.161. The van der Waals surface area contributed by atoms with Crippen molar-refractivity contribution >= 4 is 15.9 Å². The second kappa shape index (κ2) is 7.53. The summed E-state index contributed by atoms with van der Waals surface area (Å²) in [6.07, 6.45) is 3.71. The van der Waals surface area contributed by atoms with Crippen LogP contribution in [0.25, 0.3) is 0 Å². The fourth-order valence-corrected chi connectivity index (χ4v) is 3.57. The van der Waals surface area contributed by atoms with Gasteiger partial charge in [-0.25, -0.2) is 4.39 Å². The van der Waals surface area contributed by atoms with Gasteiger partial charge in [0.2, 0.25) is 0 Å². The van der Waals surface area contributed by atoms with Crippen LogP contribution in [0.15, 0.2) is 22.7 Å². The van der Waals surface area contributed by atoms with Crippen molar-refractivity contribution in [2.24, 2.45) is 5.92 Å². The average Bonchev–Trinajstić information content (AvgIpc) is 2.64. The van der Waals surface area contributed by atoms with Gasteiger partial charge in [-0.15, -0.1) is 0 Å². The number of hydrogen-bond acceptors (Lipinski definition) is 2. The van der Waals surface area contributed by atoms with Crippen LogP contribution < -0.4 is 5.32 Å². The van der Waals surface area contributed by atoms with Crippen molar-refractivity contribution in [2.75, 3.05) is 26.7 Å². The summed E-state index contributed by atoms with van der Waals surface area (Å²) in [5.41, 5.74) is 1.11. The van der Waals surface area contributed by atoms with E-state index in [9.17, 15) is 4.39 Å². The Morgan fingerprint density at radius 3 is 2.85 bits per heavy atom. The maximum Gasteiger partial charge on any atom is 0.137 e. The fraction of sp³-hybridized carbons (Fsp3) is 0.625. The van der Waals surface area contributed by atoms with Gasteiger partial charge in [0.15, 0.2) is 0 Å². The predicted octanol–water partition coefficient (Wildman–Crippen LogP) is 3.97. The molecule has 0 radical (unpaired) electrons. The summed E-state index contributed by atoms with van der Waals surface area (Å²) in [4.78, 5) is 2.50. The van der Waals surface area contributed by atoms with Crippen molar-refractivity contribution in [1.29, 1.82) is 0 Å². The molecular weight excluding hydrogens is 319 g/mol. The summed E-state index contributed by atoms with van der Waals surface area (Å²) in [7, 11) is 2.00. The molecule has 1 aliphatic rings. The molecule has 0 amide bonds. The Morgan fingerprint density at radius 2 is 2.20 bits per heavy atom. The van der Waals surface area contributed by atoms with Crippen molar-refractivity contribution in [2.45, 2.75) is 32.2 Å². The SMILES string of the molecule is CCN1CCCCC(CNC)C1c1ccc(Br)c(F)c1. The summed E-state index contributed by atoms with van der Waals surface area (Å²) < 4.78 is 14.4. The van der Waals surface area contributed by atoms with Crippen LogP contribution >= 0.6 is 15.9 Å². The maximum absolute atomic E-state index is 13.9. The first-order valence-corrected chi connectivity index (χ1v) is 8.30. The third-order valence-electron chi connectivity index (χ3n) is 4.27. The van der Waals surface area contributed by atoms with Gasteiger partial charge in [0.05, 0.1) is 4.47 Å². The van der Waals surface area contributed by atoms with Gasteiger partial charge in [0.1, 0.15) is 5.82 Å². The lowest BCUT2D eigenvalue weighted by Gasteiger charge is -2.35. The van der Waals surface area contributed by atoms with E-state index in [1.165, 1.54) is 19.3 Å². The summed E-state index contributed by atoms with van der Waals surface area (Å²) in [6, 6.07) is 5.91. The molecule has 1 saturated heterocycles. The standard InChI is InChI=1S/C16H24BrFN2/c1-3-20-9-5-4-6-13(11-19-2)16(20)12-7-8-14(17)15(18)10-12/h7-8,10,13,16,19H,3-6,9,11H2,1-2H3. The van der Waals surface area contributed by atoms with Gasteiger partial charge in [-0.1, -0.05) is 19.4 Å². The second-order valence-corrected chi connectivity index (χ2v) is 6.41. The third-order valence-corrected chi connectivity index (χ3v) is 4.91. The first kappa shape index (κ1) is 15.9. The van der Waals surface area contributed by atoms with Crippen LogP contribution in [-0.4, -0.2) is 31.6 Å². The van der Waals surface area contributed by atoms with Gasteiger partial charge < -0.3 is 5.32 Å². The molecule has 0 spiro atoms. The second-order valence-electron chi connectivity index (χ2n) is 5.56. The first-order valence-electron chi connectivity index (χ1n) is 7.51. The largest absolute Gasteiger partial charge is 0.319 e. The maximum atomic E-state index is 13.9. The molecule has 1 aromatic rings. The van der Waals surface area contributed by atoms with Crippen LogP contribution in [0.4, 0.5) is 4.39 Å². The van der Waals surface area contributed by atoms with Gasteiger partial charge in [-0.3, -0.25) is 4.90 Å². The molecule has 0 bridgehead atoms. The lowest BCUT2D eigenvalue weighted by molar-refractivity contribution is 0.162. The van der Waals surface area contributed by atoms with Crippen molar-refractivity contribution in [1.82, 2.24) is 10.2 Å². The number of hydrogen-bond donors (Lipinski definition) is 1. The molecule has 1 aliphatic heterocycles. The Labute approximate surface area is 129 Å². The fourth-order valence-electron chi connectivity index (χ4n) is 3.33. The van der Waals surface area contributed by atoms with Crippen molar-refractivity contribution < 1.29 is 4.39 Å². The van der Waals surface area contributed by atoms with Gasteiger partial charge in [0.25, 0.3) is 0 Å². The first-order chi connectivity index (χ1) is 9.67. The zero-order chi connectivity index (χ0) is 14.5. The van der Waals surface area contributed by atoms with Crippen LogP contribution in [0, 0.1) is 11.7 Å². The Balaban J connectivity index is 2.34. The molecule has 0 aliphatic carbocycles. The van der Waals surface area contributed by atoms with E-state index in [0.29, 0.717) is 16.4 Å². The normalized spacial score (nSPS) is 24.6. The minimum Gasteiger partial charge on any atom is -0.319 e. The molecule has 0 aromatic heterocycles. The zero-order valence-corrected chi connectivity index (χ0v) is 13.9. The molecule has 0 saturated carbocycles. The average molecular weight is 343 g/mol. The van der Waals surface area contributed by atoms with E-state index in [0.717, 1.165) is 25.2 Å². The molecule has 2 rings (SSSR count). The Morgan fingerprint density at radius 1 is 1.40 bits per heavy atom. The molecule has 112 valence electrons. The highest BCUT2D eigenvalue weighted by molar-refractivity contribution is 9.10. The van der Waals surface area contributed by atoms with Crippen LogP contribution in [0.1, 0.15) is 37.8 Å². The molecule has 1 N–H and O–H groups in total. The molecule has 20 heavy (non-hydrogen) atoms. The van der Waals surface area contributed by atoms with E-state index >= 15 is 0 Å². The molecule has 1 fully saturated rings. The minimum absolute atomic E-state index is 0.161. The van der Waals surface area contributed by atoms with Crippen LogP contribution in [-0.2, 0) is 0 Å². The molecule has 2 nitrogen and oxygen atoms in total. The highest BCUT2D eigenvalue weighted by atomic mass is 79.9. The molecular formula is C16H24BrFN2. The van der Waals surface area contributed by atoms with Crippen molar-refractivity contribution in [3.63, 3.8) is 0 Å². The van der Waals surface area contributed by atoms with Gasteiger partial charge in [-0.05, 0) is 79.1 Å². The number of rotatable bonds is 4. The number of halogens is 2. The van der Waals surface area contributed by atoms with Gasteiger partial charge in [-0.2, -0.15) is 0 Å². The van der Waals surface area contributed by atoms with Crippen LogP contribution in [0.2, 0.25) is 0 Å². The highest BCUT2D eigenvalue weighted by Crippen LogP contribution is 2.35.